The van der Waals surface area contributed by atoms with Gasteiger partial charge in [-0.25, -0.2) is 4.98 Å². The molecule has 0 radical (unpaired) electrons. The molecule has 6 nitrogen and oxygen atoms in total. The van der Waals surface area contributed by atoms with E-state index in [0.29, 0.717) is 48.7 Å². The average molecular weight is 392 g/mol. The third-order valence-corrected chi connectivity index (χ3v) is 5.09. The second kappa shape index (κ2) is 7.18. The van der Waals surface area contributed by atoms with Crippen LogP contribution in [0.1, 0.15) is 11.6 Å². The number of furan rings is 1. The van der Waals surface area contributed by atoms with E-state index in [4.69, 9.17) is 4.42 Å². The van der Waals surface area contributed by atoms with Gasteiger partial charge in [-0.1, -0.05) is 6.07 Å². The third kappa shape index (κ3) is 3.49. The van der Waals surface area contributed by atoms with Crippen LogP contribution in [0.5, 0.6) is 0 Å². The number of hydrogen-bond acceptors (Lipinski definition) is 5. The van der Waals surface area contributed by atoms with Crippen LogP contribution in [0.15, 0.2) is 41.0 Å². The van der Waals surface area contributed by atoms with Gasteiger partial charge in [0.1, 0.15) is 11.3 Å². The number of fused-ring (bicyclic) bond motifs is 1. The number of nitrogens with zero attached hydrogens (tertiary/aromatic N) is 4. The van der Waals surface area contributed by atoms with Gasteiger partial charge in [-0.2, -0.15) is 13.2 Å². The van der Waals surface area contributed by atoms with Crippen LogP contribution in [0.25, 0.3) is 11.0 Å². The molecular weight excluding hydrogens is 372 g/mol. The lowest BCUT2D eigenvalue weighted by Gasteiger charge is -2.36. The molecule has 0 aliphatic carbocycles. The van der Waals surface area contributed by atoms with Crippen LogP contribution in [0.3, 0.4) is 0 Å². The summed E-state index contributed by atoms with van der Waals surface area (Å²) in [5.74, 6) is -0.505. The summed E-state index contributed by atoms with van der Waals surface area (Å²) in [4.78, 5) is 7.93. The van der Waals surface area contributed by atoms with Crippen molar-refractivity contribution in [3.05, 3.63) is 48.2 Å². The zero-order chi connectivity index (χ0) is 19.9. The fourth-order valence-corrected chi connectivity index (χ4v) is 3.66. The number of imidazole rings is 1. The lowest BCUT2D eigenvalue weighted by atomic mass is 9.84. The van der Waals surface area contributed by atoms with Crippen LogP contribution >= 0.6 is 0 Å². The van der Waals surface area contributed by atoms with Gasteiger partial charge in [-0.05, 0) is 31.1 Å². The van der Waals surface area contributed by atoms with Gasteiger partial charge in [-0.3, -0.25) is 0 Å². The summed E-state index contributed by atoms with van der Waals surface area (Å²) in [6.07, 6.45) is -3.14. The molecule has 0 saturated carbocycles. The summed E-state index contributed by atoms with van der Waals surface area (Å²) >= 11 is 0. The monoisotopic (exact) mass is 392 g/mol. The number of para-hydroxylation sites is 1. The van der Waals surface area contributed by atoms with Crippen molar-refractivity contribution < 1.29 is 22.6 Å². The molecule has 0 amide bonds. The second-order valence-electron chi connectivity index (χ2n) is 6.90. The van der Waals surface area contributed by atoms with E-state index in [-0.39, 0.29) is 6.54 Å². The first-order valence-corrected chi connectivity index (χ1v) is 9.10. The van der Waals surface area contributed by atoms with Gasteiger partial charge in [0.05, 0.1) is 24.0 Å². The van der Waals surface area contributed by atoms with Crippen LogP contribution in [0.2, 0.25) is 6.82 Å². The summed E-state index contributed by atoms with van der Waals surface area (Å²) in [6, 6.07) is 8.49. The molecule has 10 heteroatoms. The van der Waals surface area contributed by atoms with Gasteiger partial charge in [-0.15, -0.1) is 0 Å². The SMILES string of the molecule is CB(O)N1CCN(c2cccc3c2nc(C(F)(F)F)n3Cc2ccco2)CC1. The molecule has 1 saturated heterocycles. The Balaban J connectivity index is 1.75. The molecule has 3 heterocycles. The Bertz CT molecular complexity index is 948. The first kappa shape index (κ1) is 18.9. The van der Waals surface area contributed by atoms with Crippen molar-refractivity contribution >= 4 is 23.8 Å². The number of benzene rings is 1. The summed E-state index contributed by atoms with van der Waals surface area (Å²) in [5.41, 5.74) is 1.41. The fraction of sp³-hybridized carbons (Fsp3) is 0.389. The van der Waals surface area contributed by atoms with Crippen molar-refractivity contribution in [1.82, 2.24) is 14.4 Å². The summed E-state index contributed by atoms with van der Waals surface area (Å²) in [6.45, 7) is 4.15. The van der Waals surface area contributed by atoms with Crippen LogP contribution in [0, 0.1) is 0 Å². The normalized spacial score (nSPS) is 16.1. The molecule has 1 aromatic carbocycles. The number of anilines is 1. The van der Waals surface area contributed by atoms with Gasteiger partial charge >= 0.3 is 13.2 Å². The standard InChI is InChI=1S/C18H20BF3N4O2/c1-19(27)25-9-7-24(8-10-25)14-5-2-6-15-16(14)23-17(18(20,21)22)26(15)12-13-4-3-11-28-13/h2-6,11,27H,7-10,12H2,1H3. The molecule has 4 rings (SSSR count). The molecule has 0 bridgehead atoms. The lowest BCUT2D eigenvalue weighted by Crippen LogP contribution is -2.51. The fourth-order valence-electron chi connectivity index (χ4n) is 3.66. The molecule has 1 N–H and O–H groups in total. The minimum Gasteiger partial charge on any atom is -0.467 e. The molecular formula is C18H20BF3N4O2. The predicted molar refractivity (Wildman–Crippen MR) is 100 cm³/mol. The first-order valence-electron chi connectivity index (χ1n) is 9.10. The second-order valence-corrected chi connectivity index (χ2v) is 6.90. The molecule has 148 valence electrons. The van der Waals surface area contributed by atoms with Gasteiger partial charge in [0, 0.05) is 26.2 Å². The maximum atomic E-state index is 13.7. The van der Waals surface area contributed by atoms with E-state index < -0.39 is 19.1 Å². The zero-order valence-electron chi connectivity index (χ0n) is 15.4. The number of piperazine rings is 1. The lowest BCUT2D eigenvalue weighted by molar-refractivity contribution is -0.146. The summed E-state index contributed by atoms with van der Waals surface area (Å²) in [7, 11) is -0.540. The van der Waals surface area contributed by atoms with E-state index in [1.54, 1.807) is 37.2 Å². The van der Waals surface area contributed by atoms with Crippen molar-refractivity contribution in [2.75, 3.05) is 31.1 Å². The molecule has 0 atom stereocenters. The Morgan fingerprint density at radius 3 is 2.50 bits per heavy atom. The summed E-state index contributed by atoms with van der Waals surface area (Å²) < 4.78 is 47.4. The number of alkyl halides is 3. The van der Waals surface area contributed by atoms with E-state index in [2.05, 4.69) is 4.98 Å². The average Bonchev–Trinajstić information content (AvgIpc) is 3.30. The Morgan fingerprint density at radius 1 is 1.14 bits per heavy atom. The van der Waals surface area contributed by atoms with Crippen molar-refractivity contribution in [3.63, 3.8) is 0 Å². The van der Waals surface area contributed by atoms with Gasteiger partial charge in [0.15, 0.2) is 0 Å². The van der Waals surface area contributed by atoms with E-state index in [1.807, 2.05) is 9.71 Å². The largest absolute Gasteiger partial charge is 0.467 e. The third-order valence-electron chi connectivity index (χ3n) is 5.09. The highest BCUT2D eigenvalue weighted by molar-refractivity contribution is 6.45. The van der Waals surface area contributed by atoms with Crippen molar-refractivity contribution in [2.45, 2.75) is 19.5 Å². The minimum atomic E-state index is -4.58. The van der Waals surface area contributed by atoms with E-state index >= 15 is 0 Å². The summed E-state index contributed by atoms with van der Waals surface area (Å²) in [5, 5.41) is 9.72. The minimum absolute atomic E-state index is 0.0440. The molecule has 1 aliphatic heterocycles. The number of halogens is 3. The molecule has 1 fully saturated rings. The van der Waals surface area contributed by atoms with Crippen LogP contribution in [-0.2, 0) is 12.7 Å². The quantitative estimate of drug-likeness (QED) is 0.692. The topological polar surface area (TPSA) is 57.7 Å². The van der Waals surface area contributed by atoms with E-state index in [9.17, 15) is 18.2 Å². The van der Waals surface area contributed by atoms with Gasteiger partial charge in [0.2, 0.25) is 5.82 Å². The van der Waals surface area contributed by atoms with E-state index in [0.717, 1.165) is 4.57 Å². The maximum Gasteiger partial charge on any atom is 0.449 e. The zero-order valence-corrected chi connectivity index (χ0v) is 15.4. The smallest absolute Gasteiger partial charge is 0.449 e. The van der Waals surface area contributed by atoms with Crippen molar-refractivity contribution in [3.8, 4) is 0 Å². The molecule has 0 spiro atoms. The molecule has 1 aliphatic rings. The van der Waals surface area contributed by atoms with Crippen LogP contribution < -0.4 is 4.90 Å². The molecule has 3 aromatic rings. The first-order chi connectivity index (χ1) is 13.3. The molecule has 2 aromatic heterocycles. The highest BCUT2D eigenvalue weighted by atomic mass is 19.4. The Labute approximate surface area is 160 Å². The Morgan fingerprint density at radius 2 is 1.89 bits per heavy atom. The molecule has 28 heavy (non-hydrogen) atoms. The van der Waals surface area contributed by atoms with Gasteiger partial charge in [0.25, 0.3) is 0 Å². The number of aromatic nitrogens is 2. The van der Waals surface area contributed by atoms with Gasteiger partial charge < -0.3 is 23.7 Å². The number of rotatable bonds is 4. The van der Waals surface area contributed by atoms with Crippen LogP contribution in [0.4, 0.5) is 18.9 Å². The highest BCUT2D eigenvalue weighted by Crippen LogP contribution is 2.35. The Hall–Kier alpha value is -2.46. The van der Waals surface area contributed by atoms with E-state index in [1.165, 1.54) is 6.26 Å². The maximum absolute atomic E-state index is 13.7. The van der Waals surface area contributed by atoms with Crippen molar-refractivity contribution in [1.29, 1.82) is 0 Å². The predicted octanol–water partition coefficient (Wildman–Crippen LogP) is 2.93. The molecule has 0 unspecified atom stereocenters. The number of hydrogen-bond donors (Lipinski definition) is 1. The highest BCUT2D eigenvalue weighted by Gasteiger charge is 2.38. The van der Waals surface area contributed by atoms with Crippen LogP contribution in [-0.4, -0.2) is 52.6 Å². The Kier molecular flexibility index (Phi) is 4.84. The van der Waals surface area contributed by atoms with Crippen molar-refractivity contribution in [2.24, 2.45) is 0 Å².